The van der Waals surface area contributed by atoms with Crippen LogP contribution in [0.25, 0.3) is 125 Å². The maximum atomic E-state index is 5.63. The zero-order valence-electron chi connectivity index (χ0n) is 41.7. The van der Waals surface area contributed by atoms with Gasteiger partial charge in [0.15, 0.2) is 0 Å². The molecule has 13 rings (SSSR count). The van der Waals surface area contributed by atoms with Gasteiger partial charge in [-0.25, -0.2) is 9.97 Å². The predicted molar refractivity (Wildman–Crippen MR) is 333 cm³/mol. The highest BCUT2D eigenvalue weighted by Crippen LogP contribution is 2.45. The number of nitrogens with zero attached hydrogens (tertiary/aromatic N) is 2. The van der Waals surface area contributed by atoms with Crippen molar-refractivity contribution in [2.24, 2.45) is 0 Å². The lowest BCUT2D eigenvalue weighted by Gasteiger charge is -2.13. The van der Waals surface area contributed by atoms with E-state index >= 15 is 0 Å². The second-order valence-corrected chi connectivity index (χ2v) is 25.7. The van der Waals surface area contributed by atoms with Crippen molar-refractivity contribution in [1.29, 1.82) is 0 Å². The van der Waals surface area contributed by atoms with Gasteiger partial charge >= 0.3 is 0 Å². The Balaban J connectivity index is 1.15. The third kappa shape index (κ3) is 8.53. The van der Waals surface area contributed by atoms with Crippen molar-refractivity contribution < 1.29 is 0 Å². The number of hydrogen-bond donors (Lipinski definition) is 0. The van der Waals surface area contributed by atoms with Gasteiger partial charge in [0.2, 0.25) is 0 Å². The Morgan fingerprint density at radius 3 is 0.757 bits per heavy atom. The van der Waals surface area contributed by atoms with Crippen LogP contribution in [-0.4, -0.2) is 9.97 Å². The van der Waals surface area contributed by atoms with Gasteiger partial charge in [0.1, 0.15) is 0 Å². The van der Waals surface area contributed by atoms with Crippen molar-refractivity contribution in [1.82, 2.24) is 9.97 Å². The molecule has 0 saturated heterocycles. The van der Waals surface area contributed by atoms with Crippen molar-refractivity contribution in [3.05, 3.63) is 214 Å². The first-order valence-electron chi connectivity index (χ1n) is 24.8. The zero-order valence-corrected chi connectivity index (χ0v) is 46.6. The molecular weight excluding hydrogens is 1010 g/mol. The summed E-state index contributed by atoms with van der Waals surface area (Å²) >= 11 is 11.1. The molecule has 8 heteroatoms. The molecule has 2 aliphatic heterocycles. The van der Waals surface area contributed by atoms with Crippen LogP contribution in [0.5, 0.6) is 0 Å². The molecule has 0 radical (unpaired) electrons. The average molecular weight is 1060 g/mol. The van der Waals surface area contributed by atoms with Crippen LogP contribution in [0.2, 0.25) is 0 Å². The number of thiophene rings is 6. The van der Waals surface area contributed by atoms with E-state index in [1.165, 1.54) is 112 Å². The zero-order chi connectivity index (χ0) is 50.2. The van der Waals surface area contributed by atoms with E-state index in [0.29, 0.717) is 0 Å². The minimum Gasteiger partial charge on any atom is -0.248 e. The number of benzene rings is 4. The molecule has 16 bridgehead atoms. The lowest BCUT2D eigenvalue weighted by Crippen LogP contribution is -1.93. The summed E-state index contributed by atoms with van der Waals surface area (Å²) in [6.07, 6.45) is 8.94. The normalized spacial score (nSPS) is 12.1. The molecule has 0 amide bonds. The first-order chi connectivity index (χ1) is 36.1. The predicted octanol–water partition coefficient (Wildman–Crippen LogP) is 21.7. The molecule has 0 fully saturated rings. The number of hydrogen-bond acceptors (Lipinski definition) is 8. The molecule has 4 aromatic carbocycles. The Morgan fingerprint density at radius 2 is 0.473 bits per heavy atom. The molecule has 0 spiro atoms. The van der Waals surface area contributed by atoms with Gasteiger partial charge in [0, 0.05) is 78.7 Å². The number of aryl methyl sites for hydroxylation is 6. The lowest BCUT2D eigenvalue weighted by molar-refractivity contribution is 1.29. The van der Waals surface area contributed by atoms with E-state index < -0.39 is 0 Å². The van der Waals surface area contributed by atoms with Crippen LogP contribution in [0, 0.1) is 41.5 Å². The fraction of sp³-hybridized carbons (Fsp3) is 0.0909. The van der Waals surface area contributed by atoms with Crippen molar-refractivity contribution in [2.45, 2.75) is 41.5 Å². The highest BCUT2D eigenvalue weighted by atomic mass is 32.1. The van der Waals surface area contributed by atoms with Crippen LogP contribution < -0.4 is 0 Å². The number of aromatic nitrogens is 2. The monoisotopic (exact) mass is 1060 g/mol. The Labute approximate surface area is 454 Å². The summed E-state index contributed by atoms with van der Waals surface area (Å²) in [6.45, 7) is 13.4. The van der Waals surface area contributed by atoms with Gasteiger partial charge in [-0.15, -0.1) is 68.0 Å². The van der Waals surface area contributed by atoms with E-state index in [0.717, 1.165) is 45.0 Å². The Hall–Kier alpha value is -6.88. The SMILES string of the molecule is Cc1cc(C)c(-c2c3nc(c(-c4ccccc4)c4ccc(s4)c4ccc(s4)c(-c4ccccc4)c4nc(c(-c5c(C)cc(C)cc5C)c5ccc(s5)c5ccc(s5)c5ccc(s5)c5ccc2s5)C=C4)C=C3)c(C)c1. The largest absolute Gasteiger partial charge is 0.248 e. The minimum atomic E-state index is 0.970. The molecule has 0 N–H and O–H groups in total. The molecule has 0 unspecified atom stereocenters. The van der Waals surface area contributed by atoms with Gasteiger partial charge in [-0.05, 0) is 183 Å². The molecule has 11 aromatic rings. The van der Waals surface area contributed by atoms with Crippen LogP contribution in [0.15, 0.2) is 158 Å². The van der Waals surface area contributed by atoms with Crippen LogP contribution in [0.1, 0.15) is 56.2 Å². The fourth-order valence-corrected chi connectivity index (χ4v) is 17.5. The topological polar surface area (TPSA) is 25.8 Å². The third-order valence-electron chi connectivity index (χ3n) is 13.9. The highest BCUT2D eigenvalue weighted by molar-refractivity contribution is 7.35. The molecule has 0 atom stereocenters. The second kappa shape index (κ2) is 19.1. The van der Waals surface area contributed by atoms with Gasteiger partial charge in [0.25, 0.3) is 0 Å². The van der Waals surface area contributed by atoms with E-state index in [4.69, 9.17) is 9.97 Å². The summed E-state index contributed by atoms with van der Waals surface area (Å²) in [5.74, 6) is 0. The molecule has 358 valence electrons. The van der Waals surface area contributed by atoms with Crippen LogP contribution >= 0.6 is 68.0 Å². The summed E-state index contributed by atoms with van der Waals surface area (Å²) in [4.78, 5) is 11.3. The smallest absolute Gasteiger partial charge is 0.0730 e. The Morgan fingerprint density at radius 1 is 0.243 bits per heavy atom. The summed E-state index contributed by atoms with van der Waals surface area (Å²) in [6, 6.07) is 58.5. The molecular formula is C66H48N2S6. The van der Waals surface area contributed by atoms with Gasteiger partial charge in [-0.2, -0.15) is 0 Å². The molecule has 2 nitrogen and oxygen atoms in total. The summed E-state index contributed by atoms with van der Waals surface area (Å²) in [5.41, 5.74) is 20.9. The minimum absolute atomic E-state index is 0.970. The first kappa shape index (κ1) is 46.9. The Kier molecular flexibility index (Phi) is 12.1. The van der Waals surface area contributed by atoms with Gasteiger partial charge in [-0.3, -0.25) is 0 Å². The first-order valence-corrected chi connectivity index (χ1v) is 29.7. The summed E-state index contributed by atoms with van der Waals surface area (Å²) < 4.78 is 14.9. The Bertz CT molecular complexity index is 4160. The van der Waals surface area contributed by atoms with Gasteiger partial charge in [-0.1, -0.05) is 96.1 Å². The molecule has 2 aliphatic rings. The van der Waals surface area contributed by atoms with Crippen molar-refractivity contribution in [2.75, 3.05) is 0 Å². The van der Waals surface area contributed by atoms with E-state index in [2.05, 4.69) is 224 Å². The molecule has 7 aromatic heterocycles. The van der Waals surface area contributed by atoms with Gasteiger partial charge < -0.3 is 0 Å². The van der Waals surface area contributed by atoms with Crippen molar-refractivity contribution in [3.8, 4) is 44.5 Å². The lowest BCUT2D eigenvalue weighted by atomic mass is 9.93. The van der Waals surface area contributed by atoms with Crippen molar-refractivity contribution in [3.63, 3.8) is 0 Å². The van der Waals surface area contributed by atoms with Crippen LogP contribution in [0.3, 0.4) is 0 Å². The number of fused-ring (bicyclic) bond motifs is 20. The maximum absolute atomic E-state index is 5.63. The highest BCUT2D eigenvalue weighted by Gasteiger charge is 2.21. The quantitative estimate of drug-likeness (QED) is 0.176. The fourth-order valence-electron chi connectivity index (χ4n) is 10.9. The summed E-state index contributed by atoms with van der Waals surface area (Å²) in [5, 5.41) is 0. The average Bonchev–Trinajstić information content (AvgIpc) is 4.23. The van der Waals surface area contributed by atoms with E-state index in [9.17, 15) is 0 Å². The van der Waals surface area contributed by atoms with E-state index in [1.807, 2.05) is 68.0 Å². The molecule has 74 heavy (non-hydrogen) atoms. The molecule has 0 aliphatic carbocycles. The van der Waals surface area contributed by atoms with Crippen LogP contribution in [0.4, 0.5) is 0 Å². The number of rotatable bonds is 4. The molecule has 9 heterocycles. The standard InChI is InChI=1S/C66H48N2S6/c1-37-33-39(3)61(40(4)34-37)65-47-19-17-45(67-47)63(43-13-9-7-10-14-43)57-29-25-55(71-57)56-26-30-58(72-56)64(44-15-11-8-12-16-44)46-18-20-48(68-46)66(62-41(5)35-38(2)36-42(62)6)60-32-28-54(74-60)52-24-22-50(70-52)49-21-23-51(69-49)53-27-31-59(65)73-53/h7-36H,1-6H3. The van der Waals surface area contributed by atoms with E-state index in [1.54, 1.807) is 0 Å². The summed E-state index contributed by atoms with van der Waals surface area (Å²) in [7, 11) is 0. The van der Waals surface area contributed by atoms with Gasteiger partial charge in [0.05, 0.1) is 22.8 Å². The maximum Gasteiger partial charge on any atom is 0.0730 e. The van der Waals surface area contributed by atoms with E-state index in [-0.39, 0.29) is 0 Å². The second-order valence-electron chi connectivity index (χ2n) is 19.2. The third-order valence-corrected chi connectivity index (χ3v) is 21.2. The molecule has 0 saturated carbocycles. The van der Waals surface area contributed by atoms with Crippen molar-refractivity contribution >= 4 is 149 Å². The van der Waals surface area contributed by atoms with Crippen LogP contribution in [-0.2, 0) is 0 Å².